The van der Waals surface area contributed by atoms with E-state index >= 15 is 0 Å². The van der Waals surface area contributed by atoms with Gasteiger partial charge in [0.05, 0.1) is 6.20 Å². The molecule has 0 aliphatic rings. The van der Waals surface area contributed by atoms with Crippen LogP contribution in [0.15, 0.2) is 29.2 Å². The molecule has 0 aliphatic heterocycles. The normalized spacial score (nSPS) is 12.8. The van der Waals surface area contributed by atoms with E-state index < -0.39 is 0 Å². The first-order chi connectivity index (χ1) is 8.83. The second-order valence-corrected chi connectivity index (χ2v) is 5.25. The fourth-order valence-electron chi connectivity index (χ4n) is 2.02. The van der Waals surface area contributed by atoms with E-state index in [4.69, 9.17) is 0 Å². The Labute approximate surface area is 113 Å². The van der Waals surface area contributed by atoms with Crippen molar-refractivity contribution in [1.29, 1.82) is 0 Å². The van der Waals surface area contributed by atoms with Gasteiger partial charge in [0.15, 0.2) is 0 Å². The first-order valence-electron chi connectivity index (χ1n) is 6.60. The number of aryl methyl sites for hydroxylation is 1. The van der Waals surface area contributed by atoms with Gasteiger partial charge in [0.2, 0.25) is 0 Å². The van der Waals surface area contributed by atoms with Crippen molar-refractivity contribution in [1.82, 2.24) is 15.1 Å². The Morgan fingerprint density at radius 2 is 2.33 bits per heavy atom. The van der Waals surface area contributed by atoms with Crippen molar-refractivity contribution >= 4 is 11.3 Å². The van der Waals surface area contributed by atoms with Gasteiger partial charge in [-0.15, -0.1) is 0 Å². The molecular formula is C14H21N3S. The molecule has 4 heteroatoms. The van der Waals surface area contributed by atoms with Gasteiger partial charge in [0.1, 0.15) is 0 Å². The Bertz CT molecular complexity index is 447. The molecule has 0 amide bonds. The van der Waals surface area contributed by atoms with Crippen molar-refractivity contribution in [3.05, 3.63) is 40.3 Å². The second kappa shape index (κ2) is 6.71. The van der Waals surface area contributed by atoms with Crippen LogP contribution in [-0.2, 0) is 13.0 Å². The lowest BCUT2D eigenvalue weighted by molar-refractivity contribution is 0.530. The predicted octanol–water partition coefficient (Wildman–Crippen LogP) is 3.25. The highest BCUT2D eigenvalue weighted by atomic mass is 32.1. The molecule has 18 heavy (non-hydrogen) atoms. The largest absolute Gasteiger partial charge is 0.310 e. The molecule has 2 rings (SSSR count). The van der Waals surface area contributed by atoms with E-state index in [1.165, 1.54) is 11.1 Å². The van der Waals surface area contributed by atoms with Crippen LogP contribution in [0, 0.1) is 0 Å². The molecule has 2 aromatic heterocycles. The van der Waals surface area contributed by atoms with E-state index in [-0.39, 0.29) is 0 Å². The van der Waals surface area contributed by atoms with Crippen LogP contribution in [0.25, 0.3) is 0 Å². The summed E-state index contributed by atoms with van der Waals surface area (Å²) in [5.41, 5.74) is 2.69. The predicted molar refractivity (Wildman–Crippen MR) is 77.0 cm³/mol. The van der Waals surface area contributed by atoms with Crippen molar-refractivity contribution in [3.63, 3.8) is 0 Å². The lowest BCUT2D eigenvalue weighted by Crippen LogP contribution is -2.23. The Morgan fingerprint density at radius 1 is 1.44 bits per heavy atom. The summed E-state index contributed by atoms with van der Waals surface area (Å²) < 4.78 is 1.99. The fraction of sp³-hybridized carbons (Fsp3) is 0.500. The third-order valence-corrected chi connectivity index (χ3v) is 3.74. The van der Waals surface area contributed by atoms with Crippen molar-refractivity contribution < 1.29 is 0 Å². The summed E-state index contributed by atoms with van der Waals surface area (Å²) in [6, 6.07) is 2.62. The second-order valence-electron chi connectivity index (χ2n) is 4.47. The highest BCUT2D eigenvalue weighted by Gasteiger charge is 2.12. The van der Waals surface area contributed by atoms with Crippen molar-refractivity contribution in [2.24, 2.45) is 0 Å². The van der Waals surface area contributed by atoms with Gasteiger partial charge >= 0.3 is 0 Å². The van der Waals surface area contributed by atoms with Crippen LogP contribution in [0.5, 0.6) is 0 Å². The average Bonchev–Trinajstić information content (AvgIpc) is 3.05. The number of nitrogens with zero attached hydrogens (tertiary/aromatic N) is 2. The number of hydrogen-bond donors (Lipinski definition) is 1. The van der Waals surface area contributed by atoms with Crippen molar-refractivity contribution in [2.75, 3.05) is 6.54 Å². The van der Waals surface area contributed by atoms with Crippen LogP contribution in [0.3, 0.4) is 0 Å². The SMILES string of the molecule is CCCNC(Cc1cnn(CC)c1)c1ccsc1. The Hall–Kier alpha value is -1.13. The molecule has 0 saturated carbocycles. The van der Waals surface area contributed by atoms with Crippen LogP contribution in [0.2, 0.25) is 0 Å². The molecular weight excluding hydrogens is 242 g/mol. The van der Waals surface area contributed by atoms with Gasteiger partial charge in [-0.1, -0.05) is 6.92 Å². The third kappa shape index (κ3) is 3.43. The maximum absolute atomic E-state index is 4.34. The van der Waals surface area contributed by atoms with Crippen LogP contribution in [0.4, 0.5) is 0 Å². The zero-order valence-corrected chi connectivity index (χ0v) is 11.9. The number of thiophene rings is 1. The van der Waals surface area contributed by atoms with E-state index in [0.717, 1.165) is 25.9 Å². The molecule has 0 aromatic carbocycles. The molecule has 0 saturated heterocycles. The number of nitrogens with one attached hydrogen (secondary N) is 1. The molecule has 0 aliphatic carbocycles. The molecule has 1 N–H and O–H groups in total. The van der Waals surface area contributed by atoms with Crippen LogP contribution in [-0.4, -0.2) is 16.3 Å². The van der Waals surface area contributed by atoms with E-state index in [1.54, 1.807) is 11.3 Å². The Balaban J connectivity index is 2.04. The van der Waals surface area contributed by atoms with E-state index in [0.29, 0.717) is 6.04 Å². The zero-order chi connectivity index (χ0) is 12.8. The standard InChI is InChI=1S/C14H21N3S/c1-3-6-15-14(13-5-7-18-11-13)8-12-9-16-17(4-2)10-12/h5,7,9-11,14-15H,3-4,6,8H2,1-2H3. The molecule has 0 bridgehead atoms. The molecule has 2 aromatic rings. The van der Waals surface area contributed by atoms with E-state index in [2.05, 4.69) is 47.3 Å². The molecule has 0 radical (unpaired) electrons. The third-order valence-electron chi connectivity index (χ3n) is 3.04. The highest BCUT2D eigenvalue weighted by Crippen LogP contribution is 2.20. The van der Waals surface area contributed by atoms with Crippen molar-refractivity contribution in [3.8, 4) is 0 Å². The minimum atomic E-state index is 0.408. The topological polar surface area (TPSA) is 29.9 Å². The minimum absolute atomic E-state index is 0.408. The minimum Gasteiger partial charge on any atom is -0.310 e. The first kappa shape index (κ1) is 13.3. The lowest BCUT2D eigenvalue weighted by Gasteiger charge is -2.16. The average molecular weight is 263 g/mol. The quantitative estimate of drug-likeness (QED) is 0.831. The summed E-state index contributed by atoms with van der Waals surface area (Å²) >= 11 is 1.76. The number of rotatable bonds is 7. The van der Waals surface area contributed by atoms with E-state index in [9.17, 15) is 0 Å². The summed E-state index contributed by atoms with van der Waals surface area (Å²) in [6.07, 6.45) is 6.30. The summed E-state index contributed by atoms with van der Waals surface area (Å²) in [5.74, 6) is 0. The zero-order valence-electron chi connectivity index (χ0n) is 11.1. The monoisotopic (exact) mass is 263 g/mol. The molecule has 2 heterocycles. The summed E-state index contributed by atoms with van der Waals surface area (Å²) in [6.45, 7) is 6.31. The fourth-order valence-corrected chi connectivity index (χ4v) is 2.73. The van der Waals surface area contributed by atoms with Gasteiger partial charge in [-0.3, -0.25) is 4.68 Å². The van der Waals surface area contributed by atoms with Crippen LogP contribution >= 0.6 is 11.3 Å². The number of aromatic nitrogens is 2. The van der Waals surface area contributed by atoms with Gasteiger partial charge in [-0.25, -0.2) is 0 Å². The summed E-state index contributed by atoms with van der Waals surface area (Å²) in [5, 5.41) is 12.3. The molecule has 0 spiro atoms. The van der Waals surface area contributed by atoms with Crippen molar-refractivity contribution in [2.45, 2.75) is 39.3 Å². The Kier molecular flexibility index (Phi) is 4.96. The molecule has 1 atom stereocenters. The van der Waals surface area contributed by atoms with Crippen LogP contribution in [0.1, 0.15) is 37.4 Å². The van der Waals surface area contributed by atoms with Crippen LogP contribution < -0.4 is 5.32 Å². The summed E-state index contributed by atoms with van der Waals surface area (Å²) in [4.78, 5) is 0. The molecule has 1 unspecified atom stereocenters. The van der Waals surface area contributed by atoms with Gasteiger partial charge in [0.25, 0.3) is 0 Å². The van der Waals surface area contributed by atoms with Gasteiger partial charge < -0.3 is 5.32 Å². The Morgan fingerprint density at radius 3 is 2.94 bits per heavy atom. The smallest absolute Gasteiger partial charge is 0.0522 e. The highest BCUT2D eigenvalue weighted by molar-refractivity contribution is 7.07. The van der Waals surface area contributed by atoms with Gasteiger partial charge in [-0.2, -0.15) is 16.4 Å². The van der Waals surface area contributed by atoms with E-state index in [1.807, 2.05) is 10.9 Å². The first-order valence-corrected chi connectivity index (χ1v) is 7.54. The summed E-state index contributed by atoms with van der Waals surface area (Å²) in [7, 11) is 0. The number of hydrogen-bond acceptors (Lipinski definition) is 3. The maximum Gasteiger partial charge on any atom is 0.0522 e. The molecule has 98 valence electrons. The lowest BCUT2D eigenvalue weighted by atomic mass is 10.0. The molecule has 3 nitrogen and oxygen atoms in total. The maximum atomic E-state index is 4.34. The van der Waals surface area contributed by atoms with Gasteiger partial charge in [-0.05, 0) is 54.3 Å². The van der Waals surface area contributed by atoms with Gasteiger partial charge in [0, 0.05) is 18.8 Å². The molecule has 0 fully saturated rings.